The van der Waals surface area contributed by atoms with Crippen LogP contribution >= 0.6 is 0 Å². The van der Waals surface area contributed by atoms with Gasteiger partial charge >= 0.3 is 12.1 Å². The van der Waals surface area contributed by atoms with Gasteiger partial charge in [0, 0.05) is 6.54 Å². The fourth-order valence-corrected chi connectivity index (χ4v) is 5.23. The molecule has 0 bridgehead atoms. The minimum atomic E-state index is -4.69. The van der Waals surface area contributed by atoms with Gasteiger partial charge in [0.15, 0.2) is 0 Å². The highest BCUT2D eigenvalue weighted by molar-refractivity contribution is 7.89. The lowest BCUT2D eigenvalue weighted by molar-refractivity contribution is -0.144. The Morgan fingerprint density at radius 3 is 2.37 bits per heavy atom. The minimum Gasteiger partial charge on any atom is -0.497 e. The summed E-state index contributed by atoms with van der Waals surface area (Å²) in [6.07, 6.45) is -4.99. The van der Waals surface area contributed by atoms with E-state index in [1.807, 2.05) is 0 Å². The van der Waals surface area contributed by atoms with E-state index < -0.39 is 38.7 Å². The molecule has 162 valence electrons. The Balaban J connectivity index is 2.04. The van der Waals surface area contributed by atoms with E-state index in [1.165, 1.54) is 7.11 Å². The SMILES string of the molecule is CCOC(=O)C[C@H]1c2ccc(C(F)(F)F)cc2S(=O)(=O)N1Cc1ccc(OC)cc1. The lowest BCUT2D eigenvalue weighted by Gasteiger charge is -2.23. The lowest BCUT2D eigenvalue weighted by atomic mass is 10.0. The number of rotatable bonds is 6. The fraction of sp³-hybridized carbons (Fsp3) is 0.350. The predicted molar refractivity (Wildman–Crippen MR) is 101 cm³/mol. The van der Waals surface area contributed by atoms with Crippen LogP contribution < -0.4 is 4.74 Å². The van der Waals surface area contributed by atoms with Crippen molar-refractivity contribution in [2.24, 2.45) is 0 Å². The number of alkyl halides is 3. The molecule has 2 aromatic rings. The van der Waals surface area contributed by atoms with E-state index in [9.17, 15) is 26.4 Å². The first-order chi connectivity index (χ1) is 14.1. The third kappa shape index (κ3) is 4.29. The smallest absolute Gasteiger partial charge is 0.416 e. The summed E-state index contributed by atoms with van der Waals surface area (Å²) in [7, 11) is -2.77. The Bertz CT molecular complexity index is 1040. The molecule has 1 aliphatic rings. The molecule has 3 rings (SSSR count). The van der Waals surface area contributed by atoms with E-state index in [2.05, 4.69) is 0 Å². The third-order valence-corrected chi connectivity index (χ3v) is 6.71. The molecular weight excluding hydrogens is 423 g/mol. The number of hydrogen-bond acceptors (Lipinski definition) is 5. The zero-order valence-electron chi connectivity index (χ0n) is 16.3. The van der Waals surface area contributed by atoms with Gasteiger partial charge in [-0.3, -0.25) is 4.79 Å². The zero-order chi connectivity index (χ0) is 22.1. The van der Waals surface area contributed by atoms with Gasteiger partial charge < -0.3 is 9.47 Å². The van der Waals surface area contributed by atoms with Crippen molar-refractivity contribution in [2.45, 2.75) is 37.0 Å². The number of ether oxygens (including phenoxy) is 2. The Morgan fingerprint density at radius 2 is 1.80 bits per heavy atom. The molecule has 0 amide bonds. The van der Waals surface area contributed by atoms with E-state index in [0.29, 0.717) is 17.4 Å². The van der Waals surface area contributed by atoms with E-state index in [-0.39, 0.29) is 25.1 Å². The van der Waals surface area contributed by atoms with Crippen LogP contribution in [0.4, 0.5) is 13.2 Å². The lowest BCUT2D eigenvalue weighted by Crippen LogP contribution is -2.29. The Kier molecular flexibility index (Phi) is 6.09. The Morgan fingerprint density at radius 1 is 1.13 bits per heavy atom. The van der Waals surface area contributed by atoms with Gasteiger partial charge in [0.25, 0.3) is 0 Å². The van der Waals surface area contributed by atoms with Crippen LogP contribution in [0.25, 0.3) is 0 Å². The quantitative estimate of drug-likeness (QED) is 0.633. The topological polar surface area (TPSA) is 72.9 Å². The van der Waals surface area contributed by atoms with Crippen molar-refractivity contribution in [1.29, 1.82) is 0 Å². The standard InChI is InChI=1S/C20H20F3NO5S/c1-3-29-19(25)11-17-16-9-6-14(20(21,22)23)10-18(16)30(26,27)24(17)12-13-4-7-15(28-2)8-5-13/h4-10,17H,3,11-12H2,1-2H3/t17-/m0/s1. The molecule has 0 saturated carbocycles. The van der Waals surface area contributed by atoms with Crippen molar-refractivity contribution < 1.29 is 35.9 Å². The number of methoxy groups -OCH3 is 1. The molecule has 1 heterocycles. The number of fused-ring (bicyclic) bond motifs is 1. The molecule has 30 heavy (non-hydrogen) atoms. The number of carbonyl (C=O) groups is 1. The minimum absolute atomic E-state index is 0.108. The number of esters is 1. The average Bonchev–Trinajstić information content (AvgIpc) is 2.89. The second-order valence-electron chi connectivity index (χ2n) is 6.67. The van der Waals surface area contributed by atoms with E-state index >= 15 is 0 Å². The summed E-state index contributed by atoms with van der Waals surface area (Å²) in [5.74, 6) is -0.0608. The molecule has 0 saturated heterocycles. The maximum absolute atomic E-state index is 13.1. The molecular formula is C20H20F3NO5S. The summed E-state index contributed by atoms with van der Waals surface area (Å²) in [6, 6.07) is 8.20. The monoisotopic (exact) mass is 443 g/mol. The molecule has 0 fully saturated rings. The molecule has 0 aliphatic carbocycles. The number of sulfonamides is 1. The molecule has 0 aromatic heterocycles. The van der Waals surface area contributed by atoms with Gasteiger partial charge in [-0.2, -0.15) is 17.5 Å². The number of halogens is 3. The van der Waals surface area contributed by atoms with Crippen LogP contribution in [0, 0.1) is 0 Å². The number of nitrogens with zero attached hydrogens (tertiary/aromatic N) is 1. The molecule has 0 unspecified atom stereocenters. The number of benzene rings is 2. The van der Waals surface area contributed by atoms with E-state index in [0.717, 1.165) is 16.4 Å². The van der Waals surface area contributed by atoms with Gasteiger partial charge in [-0.15, -0.1) is 0 Å². The Hall–Kier alpha value is -2.59. The summed E-state index contributed by atoms with van der Waals surface area (Å²) in [5, 5.41) is 0. The maximum Gasteiger partial charge on any atom is 0.416 e. The highest BCUT2D eigenvalue weighted by Crippen LogP contribution is 2.44. The first kappa shape index (κ1) is 22.1. The van der Waals surface area contributed by atoms with Gasteiger partial charge in [0.05, 0.1) is 36.6 Å². The molecule has 6 nitrogen and oxygen atoms in total. The molecule has 2 aromatic carbocycles. The first-order valence-electron chi connectivity index (χ1n) is 9.09. The van der Waals surface area contributed by atoms with Crippen molar-refractivity contribution in [3.63, 3.8) is 0 Å². The van der Waals surface area contributed by atoms with Gasteiger partial charge in [-0.05, 0) is 42.3 Å². The predicted octanol–water partition coefficient (Wildman–Crippen LogP) is 3.91. The summed E-state index contributed by atoms with van der Waals surface area (Å²) >= 11 is 0. The largest absolute Gasteiger partial charge is 0.497 e. The third-order valence-electron chi connectivity index (χ3n) is 4.80. The highest BCUT2D eigenvalue weighted by Gasteiger charge is 2.45. The van der Waals surface area contributed by atoms with Gasteiger partial charge in [0.1, 0.15) is 5.75 Å². The molecule has 10 heteroatoms. The summed E-state index contributed by atoms with van der Waals surface area (Å²) < 4.78 is 76.7. The molecule has 1 atom stereocenters. The number of carbonyl (C=O) groups excluding carboxylic acids is 1. The van der Waals surface area contributed by atoms with E-state index in [4.69, 9.17) is 9.47 Å². The van der Waals surface area contributed by atoms with Crippen LogP contribution in [0.5, 0.6) is 5.75 Å². The normalized spacial score (nSPS) is 18.1. The van der Waals surface area contributed by atoms with Crippen LogP contribution in [0.15, 0.2) is 47.4 Å². The maximum atomic E-state index is 13.1. The van der Waals surface area contributed by atoms with E-state index in [1.54, 1.807) is 31.2 Å². The van der Waals surface area contributed by atoms with Crippen molar-refractivity contribution in [1.82, 2.24) is 4.31 Å². The summed E-state index contributed by atoms with van der Waals surface area (Å²) in [4.78, 5) is 11.6. The van der Waals surface area contributed by atoms with Crippen molar-refractivity contribution in [3.05, 3.63) is 59.2 Å². The molecule has 0 spiro atoms. The van der Waals surface area contributed by atoms with Crippen LogP contribution in [-0.2, 0) is 32.3 Å². The zero-order valence-corrected chi connectivity index (χ0v) is 17.1. The van der Waals surface area contributed by atoms with Crippen molar-refractivity contribution >= 4 is 16.0 Å². The fourth-order valence-electron chi connectivity index (χ4n) is 3.35. The molecule has 0 N–H and O–H groups in total. The van der Waals surface area contributed by atoms with Gasteiger partial charge in [0.2, 0.25) is 10.0 Å². The van der Waals surface area contributed by atoms with Crippen LogP contribution in [-0.4, -0.2) is 32.4 Å². The van der Waals surface area contributed by atoms with Crippen LogP contribution in [0.3, 0.4) is 0 Å². The second-order valence-corrected chi connectivity index (χ2v) is 8.53. The Labute approximate surface area is 172 Å². The second kappa shape index (κ2) is 8.27. The van der Waals surface area contributed by atoms with Gasteiger partial charge in [-0.25, -0.2) is 8.42 Å². The van der Waals surface area contributed by atoms with Crippen LogP contribution in [0.2, 0.25) is 0 Å². The van der Waals surface area contributed by atoms with Crippen molar-refractivity contribution in [2.75, 3.05) is 13.7 Å². The molecule has 1 aliphatic heterocycles. The molecule has 0 radical (unpaired) electrons. The summed E-state index contributed by atoms with van der Waals surface area (Å²) in [5.41, 5.74) is -0.326. The van der Waals surface area contributed by atoms with Gasteiger partial charge in [-0.1, -0.05) is 18.2 Å². The average molecular weight is 443 g/mol. The number of hydrogen-bond donors (Lipinski definition) is 0. The van der Waals surface area contributed by atoms with Crippen molar-refractivity contribution in [3.8, 4) is 5.75 Å². The summed E-state index contributed by atoms with van der Waals surface area (Å²) in [6.45, 7) is 1.60. The van der Waals surface area contributed by atoms with Crippen LogP contribution in [0.1, 0.15) is 36.1 Å². The highest BCUT2D eigenvalue weighted by atomic mass is 32.2. The first-order valence-corrected chi connectivity index (χ1v) is 10.5.